The van der Waals surface area contributed by atoms with Gasteiger partial charge in [-0.3, -0.25) is 4.79 Å². The van der Waals surface area contributed by atoms with Crippen LogP contribution in [0, 0.1) is 0 Å². The van der Waals surface area contributed by atoms with Crippen molar-refractivity contribution in [1.82, 2.24) is 5.32 Å². The molecule has 1 saturated heterocycles. The normalized spacial score (nSPS) is 23.6. The fraction of sp³-hybridized carbons (Fsp3) is 0.462. The minimum Gasteiger partial charge on any atom is -0.493 e. The summed E-state index contributed by atoms with van der Waals surface area (Å²) in [6, 6.07) is 3.81. The van der Waals surface area contributed by atoms with E-state index >= 15 is 0 Å². The highest BCUT2D eigenvalue weighted by Crippen LogP contribution is 2.35. The number of rotatable bonds is 4. The molecule has 0 aromatic carbocycles. The molecule has 1 aliphatic rings. The minimum absolute atomic E-state index is 0.0934. The number of carbonyl (C=O) groups excluding carboxylic acids is 1. The fourth-order valence-corrected chi connectivity index (χ4v) is 2.85. The van der Waals surface area contributed by atoms with Crippen LogP contribution >= 0.6 is 11.3 Å². The molecule has 1 fully saturated rings. The van der Waals surface area contributed by atoms with E-state index in [1.54, 1.807) is 6.92 Å². The lowest BCUT2D eigenvalue weighted by molar-refractivity contribution is -0.152. The average Bonchev–Trinajstić information content (AvgIpc) is 2.83. The van der Waals surface area contributed by atoms with Gasteiger partial charge in [0.25, 0.3) is 5.91 Å². The van der Waals surface area contributed by atoms with Gasteiger partial charge in [0, 0.05) is 11.4 Å². The zero-order valence-corrected chi connectivity index (χ0v) is 11.4. The summed E-state index contributed by atoms with van der Waals surface area (Å²) in [7, 11) is 0. The summed E-state index contributed by atoms with van der Waals surface area (Å²) < 4.78 is 11.0. The van der Waals surface area contributed by atoms with Gasteiger partial charge >= 0.3 is 0 Å². The van der Waals surface area contributed by atoms with Crippen molar-refractivity contribution in [1.29, 1.82) is 0 Å². The van der Waals surface area contributed by atoms with Crippen LogP contribution in [0.1, 0.15) is 23.6 Å². The van der Waals surface area contributed by atoms with Gasteiger partial charge in [0.05, 0.1) is 18.1 Å². The molecule has 5 heteroatoms. The number of amides is 1. The van der Waals surface area contributed by atoms with Crippen LogP contribution in [0.15, 0.2) is 18.7 Å². The van der Waals surface area contributed by atoms with E-state index in [9.17, 15) is 4.79 Å². The van der Waals surface area contributed by atoms with Crippen molar-refractivity contribution in [2.75, 3.05) is 19.8 Å². The maximum absolute atomic E-state index is 11.9. The molecule has 2 rings (SSSR count). The average molecular weight is 267 g/mol. The first kappa shape index (κ1) is 13.1. The molecule has 1 aromatic rings. The maximum Gasteiger partial charge on any atom is 0.257 e. The third-order valence-electron chi connectivity index (χ3n) is 2.88. The lowest BCUT2D eigenvalue weighted by atomic mass is 10.0. The molecule has 2 heterocycles. The van der Waals surface area contributed by atoms with Gasteiger partial charge in [-0.15, -0.1) is 11.3 Å². The summed E-state index contributed by atoms with van der Waals surface area (Å²) in [4.78, 5) is 13.7. The summed E-state index contributed by atoms with van der Waals surface area (Å²) in [6.45, 7) is 9.25. The van der Waals surface area contributed by atoms with Crippen molar-refractivity contribution in [3.63, 3.8) is 0 Å². The molecule has 1 aliphatic heterocycles. The number of hydrogen-bond donors (Lipinski definition) is 1. The largest absolute Gasteiger partial charge is 0.493 e. The Morgan fingerprint density at radius 3 is 3.11 bits per heavy atom. The highest BCUT2D eigenvalue weighted by Gasteiger charge is 2.40. The van der Waals surface area contributed by atoms with Crippen molar-refractivity contribution in [3.8, 4) is 0 Å². The molecular weight excluding hydrogens is 250 g/mol. The first-order valence-electron chi connectivity index (χ1n) is 5.92. The van der Waals surface area contributed by atoms with Crippen LogP contribution in [0.4, 0.5) is 0 Å². The van der Waals surface area contributed by atoms with E-state index in [0.717, 1.165) is 9.75 Å². The van der Waals surface area contributed by atoms with E-state index < -0.39 is 5.60 Å². The molecule has 1 amide bonds. The molecule has 1 atom stereocenters. The Morgan fingerprint density at radius 2 is 2.44 bits per heavy atom. The Hall–Kier alpha value is -1.33. The fourth-order valence-electron chi connectivity index (χ4n) is 1.83. The van der Waals surface area contributed by atoms with Gasteiger partial charge in [0.2, 0.25) is 0 Å². The highest BCUT2D eigenvalue weighted by molar-refractivity contribution is 7.13. The van der Waals surface area contributed by atoms with Gasteiger partial charge in [-0.1, -0.05) is 6.58 Å². The van der Waals surface area contributed by atoms with Crippen LogP contribution in [-0.2, 0) is 19.9 Å². The zero-order chi connectivity index (χ0) is 13.2. The molecule has 1 unspecified atom stereocenters. The molecule has 18 heavy (non-hydrogen) atoms. The summed E-state index contributed by atoms with van der Waals surface area (Å²) >= 11 is 1.48. The number of ether oxygens (including phenoxy) is 2. The smallest absolute Gasteiger partial charge is 0.257 e. The first-order chi connectivity index (χ1) is 8.58. The molecular formula is C13H17NO3S. The van der Waals surface area contributed by atoms with E-state index in [4.69, 9.17) is 9.47 Å². The van der Waals surface area contributed by atoms with Crippen molar-refractivity contribution < 1.29 is 14.3 Å². The van der Waals surface area contributed by atoms with Crippen molar-refractivity contribution in [2.45, 2.75) is 19.4 Å². The van der Waals surface area contributed by atoms with Crippen molar-refractivity contribution >= 4 is 23.0 Å². The summed E-state index contributed by atoms with van der Waals surface area (Å²) in [5.74, 6) is 0.540. The van der Waals surface area contributed by atoms with Gasteiger partial charge in [-0.05, 0) is 26.0 Å². The van der Waals surface area contributed by atoms with Crippen LogP contribution in [0.3, 0.4) is 0 Å². The molecule has 4 nitrogen and oxygen atoms in total. The van der Waals surface area contributed by atoms with Crippen molar-refractivity contribution in [2.24, 2.45) is 0 Å². The number of thiophene rings is 1. The van der Waals surface area contributed by atoms with Crippen LogP contribution in [-0.4, -0.2) is 25.7 Å². The summed E-state index contributed by atoms with van der Waals surface area (Å²) in [5, 5.41) is 2.82. The van der Waals surface area contributed by atoms with E-state index in [2.05, 4.69) is 11.9 Å². The van der Waals surface area contributed by atoms with E-state index in [1.165, 1.54) is 11.3 Å². The Balaban J connectivity index is 2.23. The van der Waals surface area contributed by atoms with E-state index in [-0.39, 0.29) is 5.91 Å². The van der Waals surface area contributed by atoms with E-state index in [1.807, 2.05) is 19.1 Å². The second-order valence-electron chi connectivity index (χ2n) is 4.16. The van der Waals surface area contributed by atoms with Crippen LogP contribution < -0.4 is 5.32 Å². The number of carbonyl (C=O) groups is 1. The Bertz CT molecular complexity index is 469. The zero-order valence-electron chi connectivity index (χ0n) is 10.6. The topological polar surface area (TPSA) is 47.6 Å². The molecule has 0 spiro atoms. The third-order valence-corrected chi connectivity index (χ3v) is 4.21. The SMILES string of the molecule is C=C(OCC)c1ccc(C2(C)OCCNC2=O)s1. The second-order valence-corrected chi connectivity index (χ2v) is 5.24. The standard InChI is InChI=1S/C13H17NO3S/c1-4-16-9(2)10-5-6-11(18-10)13(3)12(15)14-7-8-17-13/h5-6H,2,4,7-8H2,1,3H3,(H,14,15). The van der Waals surface area contributed by atoms with Crippen LogP contribution in [0.25, 0.3) is 5.76 Å². The molecule has 1 aromatic heterocycles. The predicted molar refractivity (Wildman–Crippen MR) is 71.3 cm³/mol. The van der Waals surface area contributed by atoms with Crippen LogP contribution in [0.5, 0.6) is 0 Å². The number of morpholine rings is 1. The van der Waals surface area contributed by atoms with E-state index in [0.29, 0.717) is 25.5 Å². The second kappa shape index (κ2) is 5.12. The number of hydrogen-bond acceptors (Lipinski definition) is 4. The van der Waals surface area contributed by atoms with Crippen molar-refractivity contribution in [3.05, 3.63) is 28.5 Å². The minimum atomic E-state index is -0.895. The molecule has 98 valence electrons. The monoisotopic (exact) mass is 267 g/mol. The van der Waals surface area contributed by atoms with Gasteiger partial charge in [0.15, 0.2) is 5.60 Å². The van der Waals surface area contributed by atoms with Gasteiger partial charge in [-0.2, -0.15) is 0 Å². The molecule has 0 saturated carbocycles. The third kappa shape index (κ3) is 2.28. The Kier molecular flexibility index (Phi) is 3.73. The Morgan fingerprint density at radius 1 is 1.67 bits per heavy atom. The molecule has 0 aliphatic carbocycles. The van der Waals surface area contributed by atoms with Gasteiger partial charge in [0.1, 0.15) is 5.76 Å². The van der Waals surface area contributed by atoms with Gasteiger partial charge < -0.3 is 14.8 Å². The maximum atomic E-state index is 11.9. The Labute approximate surface area is 111 Å². The van der Waals surface area contributed by atoms with Gasteiger partial charge in [-0.25, -0.2) is 0 Å². The quantitative estimate of drug-likeness (QED) is 0.850. The summed E-state index contributed by atoms with van der Waals surface area (Å²) in [6.07, 6.45) is 0. The lowest BCUT2D eigenvalue weighted by Gasteiger charge is -2.31. The van der Waals surface area contributed by atoms with Crippen LogP contribution in [0.2, 0.25) is 0 Å². The molecule has 0 radical (unpaired) electrons. The highest BCUT2D eigenvalue weighted by atomic mass is 32.1. The molecule has 0 bridgehead atoms. The number of nitrogens with one attached hydrogen (secondary N) is 1. The predicted octanol–water partition coefficient (Wildman–Crippen LogP) is 2.12. The lowest BCUT2D eigenvalue weighted by Crippen LogP contribution is -2.50. The summed E-state index contributed by atoms with van der Waals surface area (Å²) in [5.41, 5.74) is -0.895. The first-order valence-corrected chi connectivity index (χ1v) is 6.74. The molecule has 1 N–H and O–H groups in total.